The van der Waals surface area contributed by atoms with Crippen molar-refractivity contribution in [3.05, 3.63) is 65.2 Å². The molecule has 0 aromatic heterocycles. The van der Waals surface area contributed by atoms with E-state index in [0.29, 0.717) is 13.0 Å². The van der Waals surface area contributed by atoms with Gasteiger partial charge in [-0.2, -0.15) is 0 Å². The summed E-state index contributed by atoms with van der Waals surface area (Å²) in [5, 5.41) is 3.15. The maximum absolute atomic E-state index is 12.3. The Morgan fingerprint density at radius 1 is 1.13 bits per heavy atom. The number of fused-ring (bicyclic) bond motifs is 1. The van der Waals surface area contributed by atoms with Crippen LogP contribution in [0.15, 0.2) is 48.5 Å². The lowest BCUT2D eigenvalue weighted by Gasteiger charge is -2.26. The molecular weight excluding hydrogens is 286 g/mol. The zero-order chi connectivity index (χ0) is 16.1. The third-order valence-corrected chi connectivity index (χ3v) is 4.37. The largest absolute Gasteiger partial charge is 0.493 e. The third-order valence-electron chi connectivity index (χ3n) is 4.37. The molecule has 2 aromatic carbocycles. The summed E-state index contributed by atoms with van der Waals surface area (Å²) in [7, 11) is 0. The average Bonchev–Trinajstić information content (AvgIpc) is 2.61. The average molecular weight is 309 g/mol. The second kappa shape index (κ2) is 7.32. The van der Waals surface area contributed by atoms with Crippen molar-refractivity contribution in [3.63, 3.8) is 0 Å². The van der Waals surface area contributed by atoms with Crippen molar-refractivity contribution in [1.29, 1.82) is 0 Å². The van der Waals surface area contributed by atoms with Gasteiger partial charge in [0.2, 0.25) is 5.91 Å². The molecule has 1 atom stereocenters. The Bertz CT molecular complexity index is 664. The van der Waals surface area contributed by atoms with Crippen molar-refractivity contribution < 1.29 is 9.53 Å². The number of hydrogen-bond donors (Lipinski definition) is 1. The van der Waals surface area contributed by atoms with E-state index in [4.69, 9.17) is 4.74 Å². The number of amides is 1. The second-order valence-electron chi connectivity index (χ2n) is 5.97. The van der Waals surface area contributed by atoms with Gasteiger partial charge in [0.15, 0.2) is 0 Å². The highest BCUT2D eigenvalue weighted by molar-refractivity contribution is 5.77. The van der Waals surface area contributed by atoms with Crippen LogP contribution in [0.25, 0.3) is 0 Å². The van der Waals surface area contributed by atoms with Gasteiger partial charge in [0.05, 0.1) is 12.6 Å². The summed E-state index contributed by atoms with van der Waals surface area (Å²) in [6.07, 6.45) is 3.17. The van der Waals surface area contributed by atoms with Crippen LogP contribution < -0.4 is 10.1 Å². The predicted molar refractivity (Wildman–Crippen MR) is 91.6 cm³/mol. The number of carbonyl (C=O) groups excluding carboxylic acids is 1. The highest BCUT2D eigenvalue weighted by Crippen LogP contribution is 2.31. The molecule has 0 aliphatic carbocycles. The van der Waals surface area contributed by atoms with Crippen LogP contribution >= 0.6 is 0 Å². The van der Waals surface area contributed by atoms with Crippen LogP contribution in [0, 0.1) is 0 Å². The predicted octanol–water partition coefficient (Wildman–Crippen LogP) is 3.82. The van der Waals surface area contributed by atoms with Gasteiger partial charge in [0, 0.05) is 18.4 Å². The van der Waals surface area contributed by atoms with E-state index in [1.165, 1.54) is 11.1 Å². The van der Waals surface area contributed by atoms with Crippen molar-refractivity contribution >= 4 is 5.91 Å². The molecule has 3 rings (SSSR count). The van der Waals surface area contributed by atoms with Crippen LogP contribution in [-0.2, 0) is 17.6 Å². The zero-order valence-corrected chi connectivity index (χ0v) is 13.5. The SMILES string of the molecule is CCc1ccc(CCC(=O)N[C@H]2CCOc3ccccc32)cc1. The van der Waals surface area contributed by atoms with Gasteiger partial charge >= 0.3 is 0 Å². The van der Waals surface area contributed by atoms with Crippen LogP contribution in [0.1, 0.15) is 42.5 Å². The first kappa shape index (κ1) is 15.6. The van der Waals surface area contributed by atoms with Crippen molar-refractivity contribution in [2.45, 2.75) is 38.6 Å². The molecule has 1 N–H and O–H groups in total. The lowest BCUT2D eigenvalue weighted by Crippen LogP contribution is -2.32. The van der Waals surface area contributed by atoms with E-state index in [-0.39, 0.29) is 11.9 Å². The maximum Gasteiger partial charge on any atom is 0.220 e. The van der Waals surface area contributed by atoms with Gasteiger partial charge in [-0.15, -0.1) is 0 Å². The van der Waals surface area contributed by atoms with E-state index in [0.717, 1.165) is 30.6 Å². The first-order valence-corrected chi connectivity index (χ1v) is 8.35. The van der Waals surface area contributed by atoms with Crippen LogP contribution in [0.3, 0.4) is 0 Å². The number of hydrogen-bond acceptors (Lipinski definition) is 2. The molecule has 1 aliphatic heterocycles. The molecule has 0 radical (unpaired) electrons. The minimum Gasteiger partial charge on any atom is -0.493 e. The van der Waals surface area contributed by atoms with Gasteiger partial charge in [-0.1, -0.05) is 49.4 Å². The summed E-state index contributed by atoms with van der Waals surface area (Å²) >= 11 is 0. The van der Waals surface area contributed by atoms with Crippen LogP contribution in [0.4, 0.5) is 0 Å². The minimum absolute atomic E-state index is 0.0647. The van der Waals surface area contributed by atoms with Gasteiger partial charge in [-0.05, 0) is 30.0 Å². The highest BCUT2D eigenvalue weighted by Gasteiger charge is 2.22. The Morgan fingerprint density at radius 2 is 1.87 bits per heavy atom. The second-order valence-corrected chi connectivity index (χ2v) is 5.97. The van der Waals surface area contributed by atoms with Crippen LogP contribution in [0.5, 0.6) is 5.75 Å². The highest BCUT2D eigenvalue weighted by atomic mass is 16.5. The quantitative estimate of drug-likeness (QED) is 0.912. The van der Waals surface area contributed by atoms with Gasteiger partial charge in [-0.25, -0.2) is 0 Å². The normalized spacial score (nSPS) is 16.3. The number of ether oxygens (including phenoxy) is 1. The molecule has 0 bridgehead atoms. The smallest absolute Gasteiger partial charge is 0.220 e. The van der Waals surface area contributed by atoms with Gasteiger partial charge in [0.1, 0.15) is 5.75 Å². The third kappa shape index (κ3) is 3.92. The molecule has 0 saturated heterocycles. The van der Waals surface area contributed by atoms with Gasteiger partial charge < -0.3 is 10.1 Å². The molecule has 120 valence electrons. The van der Waals surface area contributed by atoms with E-state index in [2.05, 4.69) is 36.5 Å². The Morgan fingerprint density at radius 3 is 2.65 bits per heavy atom. The van der Waals surface area contributed by atoms with Crippen LogP contribution in [-0.4, -0.2) is 12.5 Å². The molecule has 3 nitrogen and oxygen atoms in total. The van der Waals surface area contributed by atoms with E-state index in [1.54, 1.807) is 0 Å². The van der Waals surface area contributed by atoms with Crippen molar-refractivity contribution in [2.24, 2.45) is 0 Å². The number of para-hydroxylation sites is 1. The van der Waals surface area contributed by atoms with Crippen molar-refractivity contribution in [1.82, 2.24) is 5.32 Å². The van der Waals surface area contributed by atoms with Crippen LogP contribution in [0.2, 0.25) is 0 Å². The Balaban J connectivity index is 1.55. The first-order chi connectivity index (χ1) is 11.3. The summed E-state index contributed by atoms with van der Waals surface area (Å²) in [6, 6.07) is 16.5. The fourth-order valence-corrected chi connectivity index (χ4v) is 2.96. The molecule has 0 spiro atoms. The molecule has 0 fully saturated rings. The number of rotatable bonds is 5. The van der Waals surface area contributed by atoms with Crippen molar-refractivity contribution in [3.8, 4) is 5.75 Å². The monoisotopic (exact) mass is 309 g/mol. The summed E-state index contributed by atoms with van der Waals surface area (Å²) < 4.78 is 5.64. The molecule has 0 saturated carbocycles. The van der Waals surface area contributed by atoms with E-state index < -0.39 is 0 Å². The summed E-state index contributed by atoms with van der Waals surface area (Å²) in [5.74, 6) is 0.991. The Labute approximate surface area is 137 Å². The summed E-state index contributed by atoms with van der Waals surface area (Å²) in [4.78, 5) is 12.3. The molecule has 3 heteroatoms. The standard InChI is InChI=1S/C20H23NO2/c1-2-15-7-9-16(10-8-15)11-12-20(22)21-18-13-14-23-19-6-4-3-5-17(18)19/h3-10,18H,2,11-14H2,1H3,(H,21,22)/t18-/m0/s1. The Kier molecular flexibility index (Phi) is 4.96. The lowest BCUT2D eigenvalue weighted by atomic mass is 10.00. The summed E-state index contributed by atoms with van der Waals surface area (Å²) in [6.45, 7) is 2.80. The van der Waals surface area contributed by atoms with Gasteiger partial charge in [0.25, 0.3) is 0 Å². The molecule has 1 heterocycles. The van der Waals surface area contributed by atoms with Gasteiger partial charge in [-0.3, -0.25) is 4.79 Å². The topological polar surface area (TPSA) is 38.3 Å². The molecule has 0 unspecified atom stereocenters. The Hall–Kier alpha value is -2.29. The molecule has 1 aliphatic rings. The minimum atomic E-state index is 0.0647. The molecule has 23 heavy (non-hydrogen) atoms. The number of carbonyl (C=O) groups is 1. The number of nitrogens with one attached hydrogen (secondary N) is 1. The number of benzene rings is 2. The van der Waals surface area contributed by atoms with E-state index in [9.17, 15) is 4.79 Å². The molecule has 2 aromatic rings. The molecule has 1 amide bonds. The lowest BCUT2D eigenvalue weighted by molar-refractivity contribution is -0.122. The molecular formula is C20H23NO2. The fraction of sp³-hybridized carbons (Fsp3) is 0.350. The zero-order valence-electron chi connectivity index (χ0n) is 13.5. The number of aryl methyl sites for hydroxylation is 2. The van der Waals surface area contributed by atoms with Crippen molar-refractivity contribution in [2.75, 3.05) is 6.61 Å². The van der Waals surface area contributed by atoms with E-state index in [1.807, 2.05) is 24.3 Å². The fourth-order valence-electron chi connectivity index (χ4n) is 2.96. The summed E-state index contributed by atoms with van der Waals surface area (Å²) in [5.41, 5.74) is 3.63. The first-order valence-electron chi connectivity index (χ1n) is 8.35. The maximum atomic E-state index is 12.3. The van der Waals surface area contributed by atoms with E-state index >= 15 is 0 Å².